The van der Waals surface area contributed by atoms with Crippen molar-refractivity contribution in [1.29, 1.82) is 0 Å². The topological polar surface area (TPSA) is 125 Å². The molecule has 6 aromatic rings. The molecule has 200 valence electrons. The highest BCUT2D eigenvalue weighted by Crippen LogP contribution is 2.34. The van der Waals surface area contributed by atoms with Crippen LogP contribution in [-0.4, -0.2) is 47.4 Å². The minimum Gasteiger partial charge on any atom is -0.335 e. The smallest absolute Gasteiger partial charge is 0.169 e. The molecule has 0 amide bonds. The van der Waals surface area contributed by atoms with Gasteiger partial charge in [0.25, 0.3) is 0 Å². The lowest BCUT2D eigenvalue weighted by molar-refractivity contribution is 0.102. The van der Waals surface area contributed by atoms with Gasteiger partial charge in [0.1, 0.15) is 11.0 Å². The number of pyridine rings is 3. The number of carbonyl (C=O) groups excluding carboxylic acids is 1. The van der Waals surface area contributed by atoms with Crippen LogP contribution in [0.15, 0.2) is 55.1 Å². The maximum Gasteiger partial charge on any atom is 0.169 e. The number of aromatic nitrogens is 7. The highest BCUT2D eigenvalue weighted by Gasteiger charge is 2.19. The van der Waals surface area contributed by atoms with Crippen molar-refractivity contribution in [2.75, 3.05) is 6.54 Å². The van der Waals surface area contributed by atoms with Crippen LogP contribution in [-0.2, 0) is 6.54 Å². The molecule has 0 aromatic carbocycles. The van der Waals surface area contributed by atoms with Crippen molar-refractivity contribution in [3.8, 4) is 33.2 Å². The first-order valence-corrected chi connectivity index (χ1v) is 14.4. The number of hydrogen-bond donors (Lipinski definition) is 3. The number of aromatic amines is 2. The first-order chi connectivity index (χ1) is 19.6. The van der Waals surface area contributed by atoms with Gasteiger partial charge in [-0.1, -0.05) is 12.8 Å². The molecule has 10 heteroatoms. The fourth-order valence-corrected chi connectivity index (χ4v) is 6.39. The average molecular weight is 549 g/mol. The summed E-state index contributed by atoms with van der Waals surface area (Å²) in [6.07, 6.45) is 12.7. The molecule has 0 radical (unpaired) electrons. The van der Waals surface area contributed by atoms with E-state index in [-0.39, 0.29) is 5.78 Å². The zero-order chi connectivity index (χ0) is 27.1. The second-order valence-corrected chi connectivity index (χ2v) is 11.5. The standard InChI is InChI=1S/C30H28N8OS/c1-17(39)25-8-9-26(40-25)21-15-33-16-24-27(21)36-30(35-24)29-28-23(37-38-29)7-6-22(34-28)20-10-19(13-32-14-20)12-31-11-18-4-2-3-5-18/h6-10,13-16,18,31H,2-5,11-12H2,1H3,(H,35,36)(H,37,38). The van der Waals surface area contributed by atoms with Gasteiger partial charge in [0, 0.05) is 41.1 Å². The number of H-pyrrole nitrogens is 2. The lowest BCUT2D eigenvalue weighted by atomic mass is 10.1. The monoisotopic (exact) mass is 548 g/mol. The summed E-state index contributed by atoms with van der Waals surface area (Å²) in [6.45, 7) is 3.43. The summed E-state index contributed by atoms with van der Waals surface area (Å²) in [5.41, 5.74) is 7.56. The number of imidazole rings is 1. The van der Waals surface area contributed by atoms with Crippen LogP contribution >= 0.6 is 11.3 Å². The second-order valence-electron chi connectivity index (χ2n) is 10.4. The van der Waals surface area contributed by atoms with Crippen molar-refractivity contribution in [2.45, 2.75) is 39.2 Å². The SMILES string of the molecule is CC(=O)c1ccc(-c2cncc3[nH]c(-c4n[nH]c5ccc(-c6cncc(CNCC7CCCC7)c6)nc45)nc23)s1. The number of nitrogens with one attached hydrogen (secondary N) is 3. The molecule has 3 N–H and O–H groups in total. The molecular formula is C30H28N8OS. The van der Waals surface area contributed by atoms with E-state index in [1.807, 2.05) is 36.7 Å². The van der Waals surface area contributed by atoms with Gasteiger partial charge >= 0.3 is 0 Å². The Morgan fingerprint density at radius 1 is 1.00 bits per heavy atom. The van der Waals surface area contributed by atoms with Crippen LogP contribution in [0.1, 0.15) is 47.8 Å². The van der Waals surface area contributed by atoms with Gasteiger partial charge in [-0.05, 0) is 68.1 Å². The molecule has 1 aliphatic carbocycles. The Labute approximate surface area is 234 Å². The van der Waals surface area contributed by atoms with Crippen molar-refractivity contribution in [1.82, 2.24) is 40.4 Å². The van der Waals surface area contributed by atoms with Gasteiger partial charge in [0.05, 0.1) is 27.8 Å². The van der Waals surface area contributed by atoms with Crippen LogP contribution in [0.3, 0.4) is 0 Å². The molecule has 0 aliphatic heterocycles. The van der Waals surface area contributed by atoms with E-state index in [1.54, 1.807) is 19.3 Å². The van der Waals surface area contributed by atoms with E-state index in [0.29, 0.717) is 16.4 Å². The Morgan fingerprint density at radius 2 is 1.88 bits per heavy atom. The maximum absolute atomic E-state index is 11.8. The van der Waals surface area contributed by atoms with E-state index in [4.69, 9.17) is 9.97 Å². The van der Waals surface area contributed by atoms with E-state index in [9.17, 15) is 4.79 Å². The third-order valence-electron chi connectivity index (χ3n) is 7.57. The van der Waals surface area contributed by atoms with Gasteiger partial charge in [-0.2, -0.15) is 5.10 Å². The number of ketones is 1. The first kappa shape index (κ1) is 24.7. The van der Waals surface area contributed by atoms with E-state index in [2.05, 4.69) is 36.5 Å². The molecule has 0 bridgehead atoms. The summed E-state index contributed by atoms with van der Waals surface area (Å²) in [5, 5.41) is 11.2. The van der Waals surface area contributed by atoms with Gasteiger partial charge in [-0.25, -0.2) is 9.97 Å². The summed E-state index contributed by atoms with van der Waals surface area (Å²) in [7, 11) is 0. The molecule has 0 spiro atoms. The Balaban J connectivity index is 1.20. The van der Waals surface area contributed by atoms with E-state index in [1.165, 1.54) is 37.0 Å². The minimum absolute atomic E-state index is 0.0463. The number of carbonyl (C=O) groups is 1. The molecular weight excluding hydrogens is 520 g/mol. The lowest BCUT2D eigenvalue weighted by Crippen LogP contribution is -2.20. The fraction of sp³-hybridized carbons (Fsp3) is 0.267. The van der Waals surface area contributed by atoms with Gasteiger partial charge in [-0.15, -0.1) is 11.3 Å². The summed E-state index contributed by atoms with van der Waals surface area (Å²) in [4.78, 5) is 35.6. The van der Waals surface area contributed by atoms with Crippen molar-refractivity contribution in [2.24, 2.45) is 5.92 Å². The number of hydrogen-bond acceptors (Lipinski definition) is 8. The van der Waals surface area contributed by atoms with E-state index < -0.39 is 0 Å². The molecule has 0 unspecified atom stereocenters. The molecule has 6 heterocycles. The summed E-state index contributed by atoms with van der Waals surface area (Å²) >= 11 is 1.44. The number of nitrogens with zero attached hydrogens (tertiary/aromatic N) is 5. The first-order valence-electron chi connectivity index (χ1n) is 13.6. The van der Waals surface area contributed by atoms with Crippen LogP contribution in [0.5, 0.6) is 0 Å². The molecule has 7 rings (SSSR count). The number of rotatable bonds is 8. The summed E-state index contributed by atoms with van der Waals surface area (Å²) in [5.74, 6) is 1.45. The zero-order valence-electron chi connectivity index (χ0n) is 22.1. The maximum atomic E-state index is 11.8. The molecule has 1 saturated carbocycles. The Kier molecular flexibility index (Phi) is 6.41. The molecule has 9 nitrogen and oxygen atoms in total. The summed E-state index contributed by atoms with van der Waals surface area (Å²) < 4.78 is 0. The van der Waals surface area contributed by atoms with Crippen molar-refractivity contribution >= 4 is 39.2 Å². The van der Waals surface area contributed by atoms with Gasteiger partial charge in [0.2, 0.25) is 0 Å². The normalized spacial score (nSPS) is 14.0. The minimum atomic E-state index is 0.0463. The number of fused-ring (bicyclic) bond motifs is 2. The molecule has 0 atom stereocenters. The predicted octanol–water partition coefficient (Wildman–Crippen LogP) is 6.17. The Morgan fingerprint density at radius 3 is 2.73 bits per heavy atom. The van der Waals surface area contributed by atoms with E-state index >= 15 is 0 Å². The number of thiophene rings is 1. The Hall–Kier alpha value is -4.28. The van der Waals surface area contributed by atoms with Crippen LogP contribution in [0.2, 0.25) is 0 Å². The van der Waals surface area contributed by atoms with Crippen LogP contribution < -0.4 is 5.32 Å². The lowest BCUT2D eigenvalue weighted by Gasteiger charge is -2.11. The van der Waals surface area contributed by atoms with Crippen LogP contribution in [0, 0.1) is 5.92 Å². The fourth-order valence-electron chi connectivity index (χ4n) is 5.48. The van der Waals surface area contributed by atoms with Gasteiger partial charge in [-0.3, -0.25) is 19.9 Å². The molecule has 6 aromatic heterocycles. The predicted molar refractivity (Wildman–Crippen MR) is 157 cm³/mol. The van der Waals surface area contributed by atoms with Crippen LogP contribution in [0.25, 0.3) is 55.3 Å². The zero-order valence-corrected chi connectivity index (χ0v) is 22.9. The van der Waals surface area contributed by atoms with E-state index in [0.717, 1.165) is 68.3 Å². The molecule has 40 heavy (non-hydrogen) atoms. The summed E-state index contributed by atoms with van der Waals surface area (Å²) in [6, 6.07) is 9.91. The third kappa shape index (κ3) is 4.69. The van der Waals surface area contributed by atoms with Gasteiger partial charge in [0.15, 0.2) is 17.3 Å². The largest absolute Gasteiger partial charge is 0.335 e. The quantitative estimate of drug-likeness (QED) is 0.194. The molecule has 0 saturated heterocycles. The third-order valence-corrected chi connectivity index (χ3v) is 8.79. The van der Waals surface area contributed by atoms with Crippen molar-refractivity contribution < 1.29 is 4.79 Å². The molecule has 1 aliphatic rings. The Bertz CT molecular complexity index is 1850. The molecule has 1 fully saturated rings. The number of Topliss-reactive ketones (excluding diaryl/α,β-unsaturated/α-hetero) is 1. The van der Waals surface area contributed by atoms with Crippen molar-refractivity contribution in [3.05, 3.63) is 65.6 Å². The van der Waals surface area contributed by atoms with Gasteiger partial charge < -0.3 is 10.3 Å². The highest BCUT2D eigenvalue weighted by molar-refractivity contribution is 7.17. The highest BCUT2D eigenvalue weighted by atomic mass is 32.1. The second kappa shape index (κ2) is 10.4. The average Bonchev–Trinajstić information content (AvgIpc) is 3.78. The van der Waals surface area contributed by atoms with Crippen LogP contribution in [0.4, 0.5) is 0 Å². The van der Waals surface area contributed by atoms with Crippen molar-refractivity contribution in [3.63, 3.8) is 0 Å².